The zero-order valence-electron chi connectivity index (χ0n) is 9.73. The Balaban J connectivity index is 1.82. The molecule has 0 unspecified atom stereocenters. The van der Waals surface area contributed by atoms with E-state index in [1.54, 1.807) is 0 Å². The van der Waals surface area contributed by atoms with Gasteiger partial charge in [0.15, 0.2) is 0 Å². The highest BCUT2D eigenvalue weighted by Gasteiger charge is 2.08. The molecule has 0 atom stereocenters. The molecule has 0 saturated carbocycles. The van der Waals surface area contributed by atoms with Crippen molar-refractivity contribution in [1.29, 1.82) is 0 Å². The van der Waals surface area contributed by atoms with Crippen molar-refractivity contribution in [3.63, 3.8) is 0 Å². The quantitative estimate of drug-likeness (QED) is 0.631. The minimum atomic E-state index is 1.18. The van der Waals surface area contributed by atoms with Crippen molar-refractivity contribution in [3.05, 3.63) is 0 Å². The van der Waals surface area contributed by atoms with Crippen molar-refractivity contribution in [3.8, 4) is 0 Å². The van der Waals surface area contributed by atoms with Gasteiger partial charge in [-0.2, -0.15) is 0 Å². The van der Waals surface area contributed by atoms with Crippen LogP contribution in [0.2, 0.25) is 0 Å². The number of unbranched alkanes of at least 4 members (excludes halogenated alkanes) is 3. The number of rotatable bonds is 7. The molecule has 0 aromatic heterocycles. The molecule has 1 rings (SSSR count). The van der Waals surface area contributed by atoms with Crippen molar-refractivity contribution in [2.75, 3.05) is 33.2 Å². The summed E-state index contributed by atoms with van der Waals surface area (Å²) in [5, 5.41) is 3.20. The van der Waals surface area contributed by atoms with E-state index in [-0.39, 0.29) is 0 Å². The van der Waals surface area contributed by atoms with Crippen LogP contribution in [0.15, 0.2) is 0 Å². The van der Waals surface area contributed by atoms with Gasteiger partial charge in [-0.15, -0.1) is 0 Å². The molecular weight excluding hydrogens is 172 g/mol. The maximum absolute atomic E-state index is 3.20. The molecule has 0 aliphatic carbocycles. The third-order valence-electron chi connectivity index (χ3n) is 3.10. The van der Waals surface area contributed by atoms with Crippen LogP contribution in [0.25, 0.3) is 0 Å². The van der Waals surface area contributed by atoms with Gasteiger partial charge < -0.3 is 10.2 Å². The van der Waals surface area contributed by atoms with E-state index in [0.717, 1.165) is 0 Å². The summed E-state index contributed by atoms with van der Waals surface area (Å²) in [4.78, 5) is 2.64. The molecular formula is C12H26N2. The second-order valence-corrected chi connectivity index (χ2v) is 4.42. The zero-order valence-corrected chi connectivity index (χ0v) is 9.73. The van der Waals surface area contributed by atoms with E-state index >= 15 is 0 Å². The average molecular weight is 198 g/mol. The molecule has 0 aromatic carbocycles. The first kappa shape index (κ1) is 12.0. The van der Waals surface area contributed by atoms with Gasteiger partial charge in [-0.1, -0.05) is 19.3 Å². The Morgan fingerprint density at radius 1 is 0.929 bits per heavy atom. The summed E-state index contributed by atoms with van der Waals surface area (Å²) in [6, 6.07) is 0. The topological polar surface area (TPSA) is 15.3 Å². The van der Waals surface area contributed by atoms with E-state index in [4.69, 9.17) is 0 Å². The molecule has 0 radical (unpaired) electrons. The number of hydrogen-bond acceptors (Lipinski definition) is 2. The smallest absolute Gasteiger partial charge is 0.00187 e. The van der Waals surface area contributed by atoms with E-state index in [2.05, 4.69) is 10.2 Å². The molecule has 1 aliphatic heterocycles. The molecule has 1 heterocycles. The van der Waals surface area contributed by atoms with Crippen LogP contribution in [0.5, 0.6) is 0 Å². The monoisotopic (exact) mass is 198 g/mol. The first-order valence-electron chi connectivity index (χ1n) is 6.30. The molecule has 1 aliphatic rings. The predicted molar refractivity (Wildman–Crippen MR) is 62.7 cm³/mol. The Morgan fingerprint density at radius 3 is 2.36 bits per heavy atom. The predicted octanol–water partition coefficient (Wildman–Crippen LogP) is 2.25. The lowest BCUT2D eigenvalue weighted by molar-refractivity contribution is 0.224. The summed E-state index contributed by atoms with van der Waals surface area (Å²) in [7, 11) is 2.04. The van der Waals surface area contributed by atoms with E-state index < -0.39 is 0 Å². The van der Waals surface area contributed by atoms with Crippen LogP contribution in [-0.4, -0.2) is 38.1 Å². The summed E-state index contributed by atoms with van der Waals surface area (Å²) in [6.07, 6.45) is 9.88. The molecule has 2 nitrogen and oxygen atoms in total. The zero-order chi connectivity index (χ0) is 10.1. The average Bonchev–Trinajstić information content (AvgIpc) is 2.25. The van der Waals surface area contributed by atoms with Gasteiger partial charge in [0, 0.05) is 0 Å². The molecule has 2 heteroatoms. The van der Waals surface area contributed by atoms with Gasteiger partial charge in [0.2, 0.25) is 0 Å². The van der Waals surface area contributed by atoms with Crippen LogP contribution in [0, 0.1) is 0 Å². The minimum Gasteiger partial charge on any atom is -0.320 e. The lowest BCUT2D eigenvalue weighted by atomic mass is 10.1. The molecule has 0 aromatic rings. The van der Waals surface area contributed by atoms with Crippen molar-refractivity contribution in [2.45, 2.75) is 44.9 Å². The maximum atomic E-state index is 3.20. The molecule has 1 saturated heterocycles. The highest BCUT2D eigenvalue weighted by Crippen LogP contribution is 2.10. The molecule has 1 N–H and O–H groups in total. The second-order valence-electron chi connectivity index (χ2n) is 4.42. The Hall–Kier alpha value is -0.0800. The number of likely N-dealkylation sites (tertiary alicyclic amines) is 1. The fourth-order valence-corrected chi connectivity index (χ4v) is 2.17. The van der Waals surface area contributed by atoms with Crippen molar-refractivity contribution < 1.29 is 0 Å². The van der Waals surface area contributed by atoms with Crippen LogP contribution in [0.3, 0.4) is 0 Å². The van der Waals surface area contributed by atoms with Crippen LogP contribution < -0.4 is 5.32 Å². The van der Waals surface area contributed by atoms with E-state index in [1.165, 1.54) is 71.1 Å². The molecule has 0 amide bonds. The Labute approximate surface area is 89.1 Å². The van der Waals surface area contributed by atoms with E-state index in [9.17, 15) is 0 Å². The minimum absolute atomic E-state index is 1.18. The highest BCUT2D eigenvalue weighted by molar-refractivity contribution is 4.64. The fraction of sp³-hybridized carbons (Fsp3) is 1.00. The van der Waals surface area contributed by atoms with Crippen LogP contribution in [-0.2, 0) is 0 Å². The van der Waals surface area contributed by atoms with Gasteiger partial charge >= 0.3 is 0 Å². The third-order valence-corrected chi connectivity index (χ3v) is 3.10. The standard InChI is InChI=1S/C12H26N2/c1-13-9-5-2-3-6-10-14-11-7-4-8-12-14/h13H,2-12H2,1H3. The normalized spacial score (nSPS) is 18.6. The van der Waals surface area contributed by atoms with Gasteiger partial charge in [-0.25, -0.2) is 0 Å². The largest absolute Gasteiger partial charge is 0.320 e. The molecule has 0 spiro atoms. The highest BCUT2D eigenvalue weighted by atomic mass is 15.1. The SMILES string of the molecule is CNCCCCCCN1CCCCC1. The molecule has 0 bridgehead atoms. The van der Waals surface area contributed by atoms with Crippen molar-refractivity contribution in [2.24, 2.45) is 0 Å². The van der Waals surface area contributed by atoms with Gasteiger partial charge in [-0.05, 0) is 58.9 Å². The fourth-order valence-electron chi connectivity index (χ4n) is 2.17. The van der Waals surface area contributed by atoms with E-state index in [1.807, 2.05) is 7.05 Å². The Kier molecular flexibility index (Phi) is 7.06. The van der Waals surface area contributed by atoms with Crippen LogP contribution >= 0.6 is 0 Å². The van der Waals surface area contributed by atoms with Gasteiger partial charge in [0.25, 0.3) is 0 Å². The molecule has 84 valence electrons. The third kappa shape index (κ3) is 5.61. The van der Waals surface area contributed by atoms with Crippen molar-refractivity contribution >= 4 is 0 Å². The van der Waals surface area contributed by atoms with Gasteiger partial charge in [0.1, 0.15) is 0 Å². The second kappa shape index (κ2) is 8.25. The van der Waals surface area contributed by atoms with E-state index in [0.29, 0.717) is 0 Å². The Morgan fingerprint density at radius 2 is 1.64 bits per heavy atom. The number of nitrogens with one attached hydrogen (secondary N) is 1. The first-order chi connectivity index (χ1) is 6.93. The summed E-state index contributed by atoms with van der Waals surface area (Å²) >= 11 is 0. The van der Waals surface area contributed by atoms with Gasteiger partial charge in [-0.3, -0.25) is 0 Å². The van der Waals surface area contributed by atoms with Crippen LogP contribution in [0.4, 0.5) is 0 Å². The first-order valence-corrected chi connectivity index (χ1v) is 6.30. The number of piperidine rings is 1. The Bertz CT molecular complexity index is 119. The summed E-state index contributed by atoms with van der Waals surface area (Å²) in [5.41, 5.74) is 0. The molecule has 1 fully saturated rings. The lowest BCUT2D eigenvalue weighted by Crippen LogP contribution is -2.30. The number of nitrogens with zero attached hydrogens (tertiary/aromatic N) is 1. The van der Waals surface area contributed by atoms with Crippen molar-refractivity contribution in [1.82, 2.24) is 10.2 Å². The summed E-state index contributed by atoms with van der Waals surface area (Å²) < 4.78 is 0. The summed E-state index contributed by atoms with van der Waals surface area (Å²) in [5.74, 6) is 0. The molecule has 14 heavy (non-hydrogen) atoms. The maximum Gasteiger partial charge on any atom is -0.00187 e. The van der Waals surface area contributed by atoms with Crippen LogP contribution in [0.1, 0.15) is 44.9 Å². The lowest BCUT2D eigenvalue weighted by Gasteiger charge is -2.26. The van der Waals surface area contributed by atoms with Gasteiger partial charge in [0.05, 0.1) is 0 Å². The number of hydrogen-bond donors (Lipinski definition) is 1. The summed E-state index contributed by atoms with van der Waals surface area (Å²) in [6.45, 7) is 5.25.